The Labute approximate surface area is 129 Å². The summed E-state index contributed by atoms with van der Waals surface area (Å²) < 4.78 is 5.23. The molecule has 3 rings (SSSR count). The lowest BCUT2D eigenvalue weighted by Gasteiger charge is -1.99. The third-order valence-corrected chi connectivity index (χ3v) is 3.23. The normalized spacial score (nSPS) is 16.1. The number of esters is 1. The molecule has 0 fully saturated rings. The lowest BCUT2D eigenvalue weighted by Crippen LogP contribution is -2.05. The molecular weight excluding hydrogens is 274 g/mol. The number of benzene rings is 2. The van der Waals surface area contributed by atoms with Crippen LogP contribution in [0.4, 0.5) is 0 Å². The maximum atomic E-state index is 11.8. The van der Waals surface area contributed by atoms with Crippen molar-refractivity contribution in [2.24, 2.45) is 4.99 Å². The number of rotatable bonds is 3. The Hall–Kier alpha value is -2.94. The van der Waals surface area contributed by atoms with Crippen molar-refractivity contribution in [3.05, 3.63) is 89.1 Å². The van der Waals surface area contributed by atoms with Crippen LogP contribution in [-0.2, 0) is 9.53 Å². The van der Waals surface area contributed by atoms with Gasteiger partial charge < -0.3 is 4.74 Å². The van der Waals surface area contributed by atoms with Gasteiger partial charge in [-0.1, -0.05) is 60.2 Å². The van der Waals surface area contributed by atoms with E-state index >= 15 is 0 Å². The predicted octanol–water partition coefficient (Wildman–Crippen LogP) is 3.90. The van der Waals surface area contributed by atoms with Crippen LogP contribution in [0.2, 0.25) is 0 Å². The Morgan fingerprint density at radius 1 is 1.05 bits per heavy atom. The number of aliphatic imine (C=N–C) groups is 1. The largest absolute Gasteiger partial charge is 0.402 e. The number of allylic oxidation sites excluding steroid dienone is 2. The molecule has 0 aliphatic carbocycles. The third-order valence-electron chi connectivity index (χ3n) is 3.23. The van der Waals surface area contributed by atoms with E-state index in [1.807, 2.05) is 67.6 Å². The Morgan fingerprint density at radius 3 is 2.64 bits per heavy atom. The monoisotopic (exact) mass is 289 g/mol. The summed E-state index contributed by atoms with van der Waals surface area (Å²) in [7, 11) is 0. The van der Waals surface area contributed by atoms with E-state index in [1.54, 1.807) is 12.2 Å². The summed E-state index contributed by atoms with van der Waals surface area (Å²) in [6.07, 6.45) is 5.38. The molecule has 2 aromatic rings. The van der Waals surface area contributed by atoms with Gasteiger partial charge in [0.2, 0.25) is 5.90 Å². The number of aryl methyl sites for hydroxylation is 1. The van der Waals surface area contributed by atoms with Crippen LogP contribution in [-0.4, -0.2) is 11.9 Å². The number of hydrogen-bond acceptors (Lipinski definition) is 3. The van der Waals surface area contributed by atoms with Crippen LogP contribution >= 0.6 is 0 Å². The minimum absolute atomic E-state index is 0.309. The zero-order valence-corrected chi connectivity index (χ0v) is 12.2. The highest BCUT2D eigenvalue weighted by Gasteiger charge is 2.23. The van der Waals surface area contributed by atoms with Gasteiger partial charge in [-0.3, -0.25) is 0 Å². The smallest absolute Gasteiger partial charge is 0.363 e. The van der Waals surface area contributed by atoms with Gasteiger partial charge in [-0.25, -0.2) is 9.79 Å². The molecule has 0 aromatic heterocycles. The summed E-state index contributed by atoms with van der Waals surface area (Å²) in [5, 5.41) is 0. The lowest BCUT2D eigenvalue weighted by molar-refractivity contribution is -0.130. The average Bonchev–Trinajstić information content (AvgIpc) is 2.90. The summed E-state index contributed by atoms with van der Waals surface area (Å²) in [5.41, 5.74) is 3.28. The molecule has 0 unspecified atom stereocenters. The molecule has 0 radical (unpaired) electrons. The highest BCUT2D eigenvalue weighted by molar-refractivity contribution is 6.11. The molecule has 0 atom stereocenters. The zero-order valence-electron chi connectivity index (χ0n) is 12.2. The third kappa shape index (κ3) is 3.20. The predicted molar refractivity (Wildman–Crippen MR) is 87.4 cm³/mol. The van der Waals surface area contributed by atoms with Gasteiger partial charge in [0.05, 0.1) is 0 Å². The zero-order chi connectivity index (χ0) is 15.4. The van der Waals surface area contributed by atoms with Crippen LogP contribution in [0.15, 0.2) is 77.4 Å². The van der Waals surface area contributed by atoms with E-state index in [4.69, 9.17) is 4.74 Å². The summed E-state index contributed by atoms with van der Waals surface area (Å²) >= 11 is 0. The van der Waals surface area contributed by atoms with E-state index < -0.39 is 5.97 Å². The van der Waals surface area contributed by atoms with Gasteiger partial charge in [-0.2, -0.15) is 0 Å². The number of nitrogens with zero attached hydrogens (tertiary/aromatic N) is 1. The first kappa shape index (κ1) is 14.0. The average molecular weight is 289 g/mol. The Balaban J connectivity index is 1.81. The fraction of sp³-hybridized carbons (Fsp3) is 0.0526. The van der Waals surface area contributed by atoms with Crippen molar-refractivity contribution < 1.29 is 9.53 Å². The number of carbonyl (C=O) groups is 1. The van der Waals surface area contributed by atoms with Gasteiger partial charge in [-0.15, -0.1) is 0 Å². The van der Waals surface area contributed by atoms with E-state index in [-0.39, 0.29) is 0 Å². The van der Waals surface area contributed by atoms with Crippen LogP contribution in [0.25, 0.3) is 6.08 Å². The van der Waals surface area contributed by atoms with E-state index in [0.717, 1.165) is 16.7 Å². The van der Waals surface area contributed by atoms with E-state index in [0.29, 0.717) is 11.6 Å². The lowest BCUT2D eigenvalue weighted by atomic mass is 10.1. The van der Waals surface area contributed by atoms with Gasteiger partial charge in [-0.05, 0) is 30.7 Å². The Morgan fingerprint density at radius 2 is 1.86 bits per heavy atom. The van der Waals surface area contributed by atoms with Crippen molar-refractivity contribution in [3.63, 3.8) is 0 Å². The van der Waals surface area contributed by atoms with Gasteiger partial charge in [0.15, 0.2) is 5.70 Å². The molecule has 1 aliphatic heterocycles. The molecule has 0 spiro atoms. The summed E-state index contributed by atoms with van der Waals surface area (Å²) in [6, 6.07) is 17.6. The highest BCUT2D eigenvalue weighted by Crippen LogP contribution is 2.17. The molecule has 0 saturated carbocycles. The van der Waals surface area contributed by atoms with Crippen LogP contribution in [0.1, 0.15) is 16.7 Å². The SMILES string of the molecule is Cc1cccc(C2=N/C(=C/C=C/c3ccccc3)C(=O)O2)c1. The molecule has 2 aromatic carbocycles. The number of ether oxygens (including phenoxy) is 1. The molecule has 1 heterocycles. The first-order valence-corrected chi connectivity index (χ1v) is 7.04. The Bertz CT molecular complexity index is 786. The van der Waals surface area contributed by atoms with Gasteiger partial charge in [0.1, 0.15) is 0 Å². The second-order valence-corrected chi connectivity index (χ2v) is 5.00. The minimum Gasteiger partial charge on any atom is -0.402 e. The van der Waals surface area contributed by atoms with E-state index in [2.05, 4.69) is 4.99 Å². The standard InChI is InChI=1S/C19H15NO2/c1-14-7-5-11-16(13-14)18-20-17(19(21)22-18)12-6-10-15-8-3-2-4-9-15/h2-13H,1H3/b10-6+,17-12+. The highest BCUT2D eigenvalue weighted by atomic mass is 16.6. The van der Waals surface area contributed by atoms with Crippen LogP contribution in [0, 0.1) is 6.92 Å². The molecule has 0 amide bonds. The molecule has 22 heavy (non-hydrogen) atoms. The minimum atomic E-state index is -0.422. The summed E-state index contributed by atoms with van der Waals surface area (Å²) in [5.74, 6) is -0.0673. The van der Waals surface area contributed by atoms with Crippen molar-refractivity contribution in [3.8, 4) is 0 Å². The van der Waals surface area contributed by atoms with E-state index in [1.165, 1.54) is 0 Å². The maximum Gasteiger partial charge on any atom is 0.363 e. The van der Waals surface area contributed by atoms with Crippen molar-refractivity contribution in [2.75, 3.05) is 0 Å². The first-order chi connectivity index (χ1) is 10.7. The fourth-order valence-electron chi connectivity index (χ4n) is 2.14. The number of carbonyl (C=O) groups excluding carboxylic acids is 1. The molecule has 0 N–H and O–H groups in total. The molecular formula is C19H15NO2. The van der Waals surface area contributed by atoms with E-state index in [9.17, 15) is 4.79 Å². The first-order valence-electron chi connectivity index (χ1n) is 7.04. The van der Waals surface area contributed by atoms with Crippen molar-refractivity contribution in [2.45, 2.75) is 6.92 Å². The molecule has 1 aliphatic rings. The Kier molecular flexibility index (Phi) is 3.97. The van der Waals surface area contributed by atoms with Gasteiger partial charge >= 0.3 is 5.97 Å². The topological polar surface area (TPSA) is 38.7 Å². The molecule has 108 valence electrons. The maximum absolute atomic E-state index is 11.8. The van der Waals surface area contributed by atoms with Gasteiger partial charge in [0, 0.05) is 5.56 Å². The molecule has 0 saturated heterocycles. The second-order valence-electron chi connectivity index (χ2n) is 5.00. The van der Waals surface area contributed by atoms with Gasteiger partial charge in [0.25, 0.3) is 0 Å². The molecule has 0 bridgehead atoms. The van der Waals surface area contributed by atoms with Crippen LogP contribution < -0.4 is 0 Å². The molecule has 3 heteroatoms. The van der Waals surface area contributed by atoms with Crippen molar-refractivity contribution >= 4 is 17.9 Å². The van der Waals surface area contributed by atoms with Crippen LogP contribution in [0.3, 0.4) is 0 Å². The fourth-order valence-corrected chi connectivity index (χ4v) is 2.14. The van der Waals surface area contributed by atoms with Crippen LogP contribution in [0.5, 0.6) is 0 Å². The van der Waals surface area contributed by atoms with Crippen molar-refractivity contribution in [1.82, 2.24) is 0 Å². The summed E-state index contributed by atoms with van der Waals surface area (Å²) in [4.78, 5) is 16.1. The number of cyclic esters (lactones) is 1. The number of hydrogen-bond donors (Lipinski definition) is 0. The summed E-state index contributed by atoms with van der Waals surface area (Å²) in [6.45, 7) is 1.99. The molecule has 3 nitrogen and oxygen atoms in total. The van der Waals surface area contributed by atoms with Crippen molar-refractivity contribution in [1.29, 1.82) is 0 Å². The second kappa shape index (κ2) is 6.22. The quantitative estimate of drug-likeness (QED) is 0.635.